The molecule has 0 aliphatic heterocycles. The van der Waals surface area contributed by atoms with E-state index in [0.29, 0.717) is 0 Å². The normalized spacial score (nSPS) is 10.4. The van der Waals surface area contributed by atoms with Crippen LogP contribution in [0.5, 0.6) is 5.75 Å². The standard InChI is InChI=1S/C18H22N2O2/c1-13(2)22-17-7-5-4-6-16(17)19-12-18(21)20-15-10-8-14(3)9-11-15/h4-11,13,19H,12H2,1-3H3,(H,20,21). The first-order valence-electron chi connectivity index (χ1n) is 7.40. The summed E-state index contributed by atoms with van der Waals surface area (Å²) >= 11 is 0. The number of para-hydroxylation sites is 2. The second-order valence-electron chi connectivity index (χ2n) is 5.43. The van der Waals surface area contributed by atoms with Crippen molar-refractivity contribution < 1.29 is 9.53 Å². The summed E-state index contributed by atoms with van der Waals surface area (Å²) < 4.78 is 5.71. The fourth-order valence-electron chi connectivity index (χ4n) is 1.99. The molecule has 0 bridgehead atoms. The third kappa shape index (κ3) is 4.81. The highest BCUT2D eigenvalue weighted by Crippen LogP contribution is 2.24. The molecule has 2 aromatic carbocycles. The van der Waals surface area contributed by atoms with Crippen molar-refractivity contribution in [2.24, 2.45) is 0 Å². The minimum absolute atomic E-state index is 0.0873. The van der Waals surface area contributed by atoms with E-state index in [2.05, 4.69) is 10.6 Å². The van der Waals surface area contributed by atoms with Crippen LogP contribution in [0.25, 0.3) is 0 Å². The first-order chi connectivity index (χ1) is 10.5. The summed E-state index contributed by atoms with van der Waals surface area (Å²) in [7, 11) is 0. The molecular formula is C18H22N2O2. The van der Waals surface area contributed by atoms with Crippen molar-refractivity contribution in [2.45, 2.75) is 26.9 Å². The number of carbonyl (C=O) groups is 1. The number of hydrogen-bond donors (Lipinski definition) is 2. The van der Waals surface area contributed by atoms with Gasteiger partial charge in [-0.2, -0.15) is 0 Å². The zero-order valence-electron chi connectivity index (χ0n) is 13.2. The summed E-state index contributed by atoms with van der Waals surface area (Å²) in [5.41, 5.74) is 2.77. The Hall–Kier alpha value is -2.49. The quantitative estimate of drug-likeness (QED) is 0.852. The third-order valence-corrected chi connectivity index (χ3v) is 3.02. The summed E-state index contributed by atoms with van der Waals surface area (Å²) in [5, 5.41) is 5.97. The van der Waals surface area contributed by atoms with Crippen LogP contribution in [0.3, 0.4) is 0 Å². The molecule has 116 valence electrons. The van der Waals surface area contributed by atoms with Gasteiger partial charge >= 0.3 is 0 Å². The van der Waals surface area contributed by atoms with Crippen molar-refractivity contribution in [2.75, 3.05) is 17.2 Å². The topological polar surface area (TPSA) is 50.4 Å². The molecular weight excluding hydrogens is 276 g/mol. The van der Waals surface area contributed by atoms with Crippen molar-refractivity contribution in [1.82, 2.24) is 0 Å². The van der Waals surface area contributed by atoms with Crippen molar-refractivity contribution in [3.05, 3.63) is 54.1 Å². The van der Waals surface area contributed by atoms with E-state index in [0.717, 1.165) is 22.7 Å². The molecule has 0 radical (unpaired) electrons. The average Bonchev–Trinajstić information content (AvgIpc) is 2.48. The molecule has 0 spiro atoms. The summed E-state index contributed by atoms with van der Waals surface area (Å²) in [6.07, 6.45) is 0.0873. The molecule has 1 amide bonds. The number of carbonyl (C=O) groups excluding carboxylic acids is 1. The van der Waals surface area contributed by atoms with Crippen molar-refractivity contribution in [3.63, 3.8) is 0 Å². The van der Waals surface area contributed by atoms with Crippen molar-refractivity contribution in [3.8, 4) is 5.75 Å². The number of aryl methyl sites for hydroxylation is 1. The van der Waals surface area contributed by atoms with E-state index < -0.39 is 0 Å². The van der Waals surface area contributed by atoms with E-state index in [1.165, 1.54) is 0 Å². The SMILES string of the molecule is Cc1ccc(NC(=O)CNc2ccccc2OC(C)C)cc1. The van der Waals surface area contributed by atoms with Gasteiger partial charge in [0.25, 0.3) is 0 Å². The summed E-state index contributed by atoms with van der Waals surface area (Å²) in [5.74, 6) is 0.656. The van der Waals surface area contributed by atoms with Crippen LogP contribution < -0.4 is 15.4 Å². The molecule has 0 saturated carbocycles. The lowest BCUT2D eigenvalue weighted by atomic mass is 10.2. The van der Waals surface area contributed by atoms with Gasteiger partial charge in [0, 0.05) is 5.69 Å². The lowest BCUT2D eigenvalue weighted by Gasteiger charge is -2.15. The predicted molar refractivity (Wildman–Crippen MR) is 90.5 cm³/mol. The van der Waals surface area contributed by atoms with Gasteiger partial charge in [0.15, 0.2) is 0 Å². The van der Waals surface area contributed by atoms with Gasteiger partial charge in [0.05, 0.1) is 18.3 Å². The Morgan fingerprint density at radius 2 is 1.77 bits per heavy atom. The summed E-state index contributed by atoms with van der Waals surface area (Å²) in [4.78, 5) is 12.0. The van der Waals surface area contributed by atoms with Gasteiger partial charge in [-0.05, 0) is 45.0 Å². The summed E-state index contributed by atoms with van der Waals surface area (Å²) in [6, 6.07) is 15.3. The van der Waals surface area contributed by atoms with Gasteiger partial charge in [-0.15, -0.1) is 0 Å². The lowest BCUT2D eigenvalue weighted by molar-refractivity contribution is -0.114. The smallest absolute Gasteiger partial charge is 0.243 e. The van der Waals surface area contributed by atoms with E-state index in [-0.39, 0.29) is 18.6 Å². The van der Waals surface area contributed by atoms with E-state index >= 15 is 0 Å². The molecule has 2 rings (SSSR count). The lowest BCUT2D eigenvalue weighted by Crippen LogP contribution is -2.22. The Labute approximate surface area is 131 Å². The molecule has 0 atom stereocenters. The monoisotopic (exact) mass is 298 g/mol. The first kappa shape index (κ1) is 15.9. The largest absolute Gasteiger partial charge is 0.489 e. The molecule has 4 nitrogen and oxygen atoms in total. The van der Waals surface area contributed by atoms with Crippen LogP contribution in [0.15, 0.2) is 48.5 Å². The maximum Gasteiger partial charge on any atom is 0.243 e. The van der Waals surface area contributed by atoms with Crippen LogP contribution in [0, 0.1) is 6.92 Å². The molecule has 0 fully saturated rings. The van der Waals surface area contributed by atoms with Crippen LogP contribution >= 0.6 is 0 Å². The number of anilines is 2. The zero-order chi connectivity index (χ0) is 15.9. The molecule has 2 aromatic rings. The molecule has 0 heterocycles. The number of rotatable bonds is 6. The van der Waals surface area contributed by atoms with Gasteiger partial charge in [-0.25, -0.2) is 0 Å². The van der Waals surface area contributed by atoms with Crippen LogP contribution in [-0.4, -0.2) is 18.6 Å². The maximum atomic E-state index is 12.0. The molecule has 0 aliphatic rings. The fraction of sp³-hybridized carbons (Fsp3) is 0.278. The number of ether oxygens (including phenoxy) is 1. The third-order valence-electron chi connectivity index (χ3n) is 3.02. The van der Waals surface area contributed by atoms with Crippen LogP contribution in [0.2, 0.25) is 0 Å². The minimum Gasteiger partial charge on any atom is -0.489 e. The Morgan fingerprint density at radius 3 is 2.45 bits per heavy atom. The molecule has 4 heteroatoms. The molecule has 0 saturated heterocycles. The highest BCUT2D eigenvalue weighted by molar-refractivity contribution is 5.93. The second kappa shape index (κ2) is 7.50. The molecule has 0 aliphatic carbocycles. The second-order valence-corrected chi connectivity index (χ2v) is 5.43. The van der Waals surface area contributed by atoms with Gasteiger partial charge < -0.3 is 15.4 Å². The molecule has 0 unspecified atom stereocenters. The maximum absolute atomic E-state index is 12.0. The first-order valence-corrected chi connectivity index (χ1v) is 7.40. The number of benzene rings is 2. The van der Waals surface area contributed by atoms with Crippen LogP contribution in [-0.2, 0) is 4.79 Å². The van der Waals surface area contributed by atoms with Crippen molar-refractivity contribution in [1.29, 1.82) is 0 Å². The van der Waals surface area contributed by atoms with E-state index in [4.69, 9.17) is 4.74 Å². The number of hydrogen-bond acceptors (Lipinski definition) is 3. The highest BCUT2D eigenvalue weighted by atomic mass is 16.5. The van der Waals surface area contributed by atoms with Gasteiger partial charge in [-0.3, -0.25) is 4.79 Å². The molecule has 22 heavy (non-hydrogen) atoms. The van der Waals surface area contributed by atoms with Gasteiger partial charge in [-0.1, -0.05) is 29.8 Å². The predicted octanol–water partition coefficient (Wildman–Crippen LogP) is 3.83. The summed E-state index contributed by atoms with van der Waals surface area (Å²) in [6.45, 7) is 6.15. The fourth-order valence-corrected chi connectivity index (χ4v) is 1.99. The van der Waals surface area contributed by atoms with Crippen LogP contribution in [0.4, 0.5) is 11.4 Å². The Kier molecular flexibility index (Phi) is 5.42. The zero-order valence-corrected chi connectivity index (χ0v) is 13.2. The average molecular weight is 298 g/mol. The van der Waals surface area contributed by atoms with Crippen molar-refractivity contribution >= 4 is 17.3 Å². The minimum atomic E-state index is -0.0943. The van der Waals surface area contributed by atoms with Gasteiger partial charge in [0.2, 0.25) is 5.91 Å². The van der Waals surface area contributed by atoms with Crippen LogP contribution in [0.1, 0.15) is 19.4 Å². The van der Waals surface area contributed by atoms with E-state index in [1.54, 1.807) is 0 Å². The van der Waals surface area contributed by atoms with Gasteiger partial charge in [0.1, 0.15) is 5.75 Å². The Bertz CT molecular complexity index is 621. The molecule has 0 aromatic heterocycles. The van der Waals surface area contributed by atoms with E-state index in [9.17, 15) is 4.79 Å². The Balaban J connectivity index is 1.92. The highest BCUT2D eigenvalue weighted by Gasteiger charge is 2.07. The number of amides is 1. The molecule has 2 N–H and O–H groups in total. The number of nitrogens with one attached hydrogen (secondary N) is 2. The van der Waals surface area contributed by atoms with E-state index in [1.807, 2.05) is 69.3 Å². The Morgan fingerprint density at radius 1 is 1.09 bits per heavy atom.